The Morgan fingerprint density at radius 1 is 1.25 bits per heavy atom. The van der Waals surface area contributed by atoms with Gasteiger partial charge in [0.15, 0.2) is 0 Å². The van der Waals surface area contributed by atoms with Gasteiger partial charge in [-0.25, -0.2) is 8.93 Å². The van der Waals surface area contributed by atoms with E-state index in [0.717, 1.165) is 44.3 Å². The van der Waals surface area contributed by atoms with E-state index in [4.69, 9.17) is 4.74 Å². The molecule has 1 aliphatic heterocycles. The Morgan fingerprint density at radius 2 is 1.90 bits per heavy atom. The molecule has 0 aromatic heterocycles. The van der Waals surface area contributed by atoms with Crippen molar-refractivity contribution in [2.45, 2.75) is 24.7 Å². The van der Waals surface area contributed by atoms with Crippen molar-refractivity contribution in [3.05, 3.63) is 29.8 Å². The molecule has 1 fully saturated rings. The Morgan fingerprint density at radius 3 is 2.50 bits per heavy atom. The van der Waals surface area contributed by atoms with E-state index in [1.165, 1.54) is 5.56 Å². The molecule has 0 aliphatic carbocycles. The van der Waals surface area contributed by atoms with Crippen LogP contribution in [0.3, 0.4) is 0 Å². The molecule has 5 heteroatoms. The zero-order valence-electron chi connectivity index (χ0n) is 12.3. The summed E-state index contributed by atoms with van der Waals surface area (Å²) in [6, 6.07) is 8.02. The zero-order valence-corrected chi connectivity index (χ0v) is 13.1. The monoisotopic (exact) mass is 296 g/mol. The van der Waals surface area contributed by atoms with E-state index >= 15 is 0 Å². The molecule has 1 N–H and O–H groups in total. The lowest BCUT2D eigenvalue weighted by molar-refractivity contribution is 0.0390. The van der Waals surface area contributed by atoms with Gasteiger partial charge in [0, 0.05) is 26.2 Å². The molecule has 112 valence electrons. The second-order valence-electron chi connectivity index (χ2n) is 5.34. The predicted octanol–water partition coefficient (Wildman–Crippen LogP) is 1.75. The number of rotatable bonds is 6. The maximum atomic E-state index is 12.1. The van der Waals surface area contributed by atoms with E-state index in [1.807, 2.05) is 12.1 Å². The minimum absolute atomic E-state index is 0.506. The van der Waals surface area contributed by atoms with Crippen LogP contribution in [0, 0.1) is 0 Å². The molecular formula is C15H24N2O2S. The summed E-state index contributed by atoms with van der Waals surface area (Å²) in [7, 11) is -1.12. The van der Waals surface area contributed by atoms with Gasteiger partial charge in [0.1, 0.15) is 11.0 Å². The van der Waals surface area contributed by atoms with Gasteiger partial charge in [-0.15, -0.1) is 0 Å². The summed E-state index contributed by atoms with van der Waals surface area (Å²) in [5, 5.41) is 0. The van der Waals surface area contributed by atoms with Gasteiger partial charge in [-0.05, 0) is 23.6 Å². The Bertz CT molecular complexity index is 428. The highest BCUT2D eigenvalue weighted by atomic mass is 32.2. The van der Waals surface area contributed by atoms with Crippen molar-refractivity contribution in [3.63, 3.8) is 0 Å². The van der Waals surface area contributed by atoms with Gasteiger partial charge >= 0.3 is 0 Å². The molecule has 0 spiro atoms. The van der Waals surface area contributed by atoms with Gasteiger partial charge in [0.25, 0.3) is 0 Å². The molecule has 1 heterocycles. The quantitative estimate of drug-likeness (QED) is 0.869. The first-order chi connectivity index (χ1) is 9.66. The Kier molecular flexibility index (Phi) is 6.16. The summed E-state index contributed by atoms with van der Waals surface area (Å²) in [5.74, 6) is 0.506. The molecule has 1 aromatic carbocycles. The molecule has 0 amide bonds. The summed E-state index contributed by atoms with van der Waals surface area (Å²) in [6.07, 6.45) is 0. The van der Waals surface area contributed by atoms with Crippen LogP contribution in [0.15, 0.2) is 29.2 Å². The first kappa shape index (κ1) is 15.6. The summed E-state index contributed by atoms with van der Waals surface area (Å²) < 4.78 is 20.5. The van der Waals surface area contributed by atoms with Crippen LogP contribution in [-0.4, -0.2) is 48.5 Å². The Labute approximate surface area is 124 Å². The summed E-state index contributed by atoms with van der Waals surface area (Å²) in [5.41, 5.74) is 1.28. The fraction of sp³-hybridized carbons (Fsp3) is 0.600. The molecule has 0 saturated carbocycles. The van der Waals surface area contributed by atoms with E-state index in [1.54, 1.807) is 0 Å². The minimum Gasteiger partial charge on any atom is -0.379 e. The average Bonchev–Trinajstić information content (AvgIpc) is 2.48. The molecule has 1 saturated heterocycles. The van der Waals surface area contributed by atoms with Gasteiger partial charge < -0.3 is 4.74 Å². The van der Waals surface area contributed by atoms with E-state index < -0.39 is 11.0 Å². The molecule has 4 nitrogen and oxygen atoms in total. The van der Waals surface area contributed by atoms with Crippen molar-refractivity contribution in [1.29, 1.82) is 0 Å². The summed E-state index contributed by atoms with van der Waals surface area (Å²) in [4.78, 5) is 3.17. The highest BCUT2D eigenvalue weighted by molar-refractivity contribution is 7.83. The largest absolute Gasteiger partial charge is 0.379 e. The van der Waals surface area contributed by atoms with Crippen molar-refractivity contribution in [2.75, 3.05) is 39.4 Å². The predicted molar refractivity (Wildman–Crippen MR) is 82.2 cm³/mol. The smallest absolute Gasteiger partial charge is 0.124 e. The molecule has 1 aliphatic rings. The standard InChI is InChI=1S/C15H24N2O2S/c1-13(2)14-3-5-15(6-4-14)20(18)16-7-8-17-9-11-19-12-10-17/h3-6,13,16H,7-12H2,1-2H3. The zero-order chi connectivity index (χ0) is 14.4. The molecule has 1 unspecified atom stereocenters. The number of nitrogens with one attached hydrogen (secondary N) is 1. The van der Waals surface area contributed by atoms with Gasteiger partial charge in [-0.2, -0.15) is 0 Å². The molecule has 20 heavy (non-hydrogen) atoms. The highest BCUT2D eigenvalue weighted by Gasteiger charge is 2.10. The number of benzene rings is 1. The Hall–Kier alpha value is -0.750. The van der Waals surface area contributed by atoms with Gasteiger partial charge in [0.05, 0.1) is 18.1 Å². The first-order valence-corrected chi connectivity index (χ1v) is 8.37. The normalized spacial score (nSPS) is 18.4. The van der Waals surface area contributed by atoms with E-state index in [2.05, 4.69) is 35.6 Å². The number of morpholine rings is 1. The SMILES string of the molecule is CC(C)c1ccc(S(=O)NCCN2CCOCC2)cc1. The van der Waals surface area contributed by atoms with Crippen molar-refractivity contribution < 1.29 is 8.95 Å². The molecule has 1 aromatic rings. The van der Waals surface area contributed by atoms with Crippen LogP contribution < -0.4 is 4.72 Å². The number of hydrogen-bond donors (Lipinski definition) is 1. The van der Waals surface area contributed by atoms with E-state index in [0.29, 0.717) is 5.92 Å². The first-order valence-electron chi connectivity index (χ1n) is 7.22. The lowest BCUT2D eigenvalue weighted by atomic mass is 10.0. The summed E-state index contributed by atoms with van der Waals surface area (Å²) >= 11 is 0. The minimum atomic E-state index is -1.12. The van der Waals surface area contributed by atoms with Gasteiger partial charge in [-0.1, -0.05) is 26.0 Å². The van der Waals surface area contributed by atoms with Crippen LogP contribution in [0.1, 0.15) is 25.3 Å². The maximum absolute atomic E-state index is 12.1. The van der Waals surface area contributed by atoms with Crippen LogP contribution in [0.4, 0.5) is 0 Å². The van der Waals surface area contributed by atoms with Gasteiger partial charge in [-0.3, -0.25) is 4.90 Å². The van der Waals surface area contributed by atoms with Crippen molar-refractivity contribution in [3.8, 4) is 0 Å². The third kappa shape index (κ3) is 4.66. The third-order valence-electron chi connectivity index (χ3n) is 3.53. The van der Waals surface area contributed by atoms with Gasteiger partial charge in [0.2, 0.25) is 0 Å². The summed E-state index contributed by atoms with van der Waals surface area (Å²) in [6.45, 7) is 9.52. The second-order valence-corrected chi connectivity index (χ2v) is 6.64. The lowest BCUT2D eigenvalue weighted by Crippen LogP contribution is -2.40. The molecule has 0 radical (unpaired) electrons. The Balaban J connectivity index is 1.76. The van der Waals surface area contributed by atoms with E-state index in [-0.39, 0.29) is 0 Å². The van der Waals surface area contributed by atoms with Crippen molar-refractivity contribution in [2.24, 2.45) is 0 Å². The maximum Gasteiger partial charge on any atom is 0.124 e. The van der Waals surface area contributed by atoms with Crippen LogP contribution in [0.25, 0.3) is 0 Å². The van der Waals surface area contributed by atoms with Crippen LogP contribution in [0.2, 0.25) is 0 Å². The topological polar surface area (TPSA) is 41.6 Å². The van der Waals surface area contributed by atoms with Crippen molar-refractivity contribution in [1.82, 2.24) is 9.62 Å². The number of nitrogens with zero attached hydrogens (tertiary/aromatic N) is 1. The lowest BCUT2D eigenvalue weighted by Gasteiger charge is -2.26. The third-order valence-corrected chi connectivity index (χ3v) is 4.69. The fourth-order valence-electron chi connectivity index (χ4n) is 2.18. The van der Waals surface area contributed by atoms with Crippen molar-refractivity contribution >= 4 is 11.0 Å². The van der Waals surface area contributed by atoms with Crippen LogP contribution in [-0.2, 0) is 15.7 Å². The fourth-order valence-corrected chi connectivity index (χ4v) is 3.01. The average molecular weight is 296 g/mol. The van der Waals surface area contributed by atoms with E-state index in [9.17, 15) is 4.21 Å². The second kappa shape index (κ2) is 7.88. The van der Waals surface area contributed by atoms with Crippen LogP contribution >= 0.6 is 0 Å². The number of hydrogen-bond acceptors (Lipinski definition) is 3. The molecule has 0 bridgehead atoms. The molecular weight excluding hydrogens is 272 g/mol. The number of ether oxygens (including phenoxy) is 1. The highest BCUT2D eigenvalue weighted by Crippen LogP contribution is 2.15. The van der Waals surface area contributed by atoms with Crippen LogP contribution in [0.5, 0.6) is 0 Å². The molecule has 1 atom stereocenters. The molecule has 2 rings (SSSR count).